The molecule has 7 nitrogen and oxygen atoms in total. The SMILES string of the molecule is CCCCC(CN)NC(=O)Cc1csc(NC(=O)c2ccoc2C)n1. The van der Waals surface area contributed by atoms with E-state index in [1.54, 1.807) is 18.4 Å². The largest absolute Gasteiger partial charge is 0.469 e. The standard InChI is InChI=1S/C17H24N4O3S/c1-3-4-5-12(9-18)19-15(22)8-13-10-25-17(20-13)21-16(23)14-6-7-24-11(14)2/h6-7,10,12H,3-5,8-9,18H2,1-2H3,(H,19,22)(H,20,21,23). The summed E-state index contributed by atoms with van der Waals surface area (Å²) < 4.78 is 5.12. The fourth-order valence-corrected chi connectivity index (χ4v) is 3.08. The van der Waals surface area contributed by atoms with Crippen LogP contribution in [0.2, 0.25) is 0 Å². The summed E-state index contributed by atoms with van der Waals surface area (Å²) in [5, 5.41) is 7.86. The molecule has 2 heterocycles. The summed E-state index contributed by atoms with van der Waals surface area (Å²) in [5.74, 6) is 0.160. The number of carbonyl (C=O) groups excluding carboxylic acids is 2. The zero-order chi connectivity index (χ0) is 18.2. The molecule has 0 saturated heterocycles. The molecule has 2 aromatic heterocycles. The fraction of sp³-hybridized carbons (Fsp3) is 0.471. The van der Waals surface area contributed by atoms with Crippen LogP contribution in [0.4, 0.5) is 5.13 Å². The van der Waals surface area contributed by atoms with E-state index in [1.807, 2.05) is 0 Å². The first-order valence-corrected chi connectivity index (χ1v) is 9.20. The molecule has 2 rings (SSSR count). The van der Waals surface area contributed by atoms with Crippen molar-refractivity contribution in [3.05, 3.63) is 34.7 Å². The van der Waals surface area contributed by atoms with Gasteiger partial charge in [-0.25, -0.2) is 4.98 Å². The summed E-state index contributed by atoms with van der Waals surface area (Å²) in [6.45, 7) is 4.25. The number of aromatic nitrogens is 1. The Hall–Kier alpha value is -2.19. The van der Waals surface area contributed by atoms with Crippen molar-refractivity contribution in [3.8, 4) is 0 Å². The molecule has 0 aliphatic heterocycles. The van der Waals surface area contributed by atoms with E-state index in [-0.39, 0.29) is 24.3 Å². The van der Waals surface area contributed by atoms with Crippen LogP contribution in [0.3, 0.4) is 0 Å². The lowest BCUT2D eigenvalue weighted by Gasteiger charge is -2.15. The van der Waals surface area contributed by atoms with Gasteiger partial charge in [-0.15, -0.1) is 11.3 Å². The molecule has 1 atom stereocenters. The molecule has 0 saturated carbocycles. The van der Waals surface area contributed by atoms with Gasteiger partial charge in [-0.2, -0.15) is 0 Å². The summed E-state index contributed by atoms with van der Waals surface area (Å²) in [6.07, 6.45) is 4.61. The van der Waals surface area contributed by atoms with Crippen molar-refractivity contribution in [3.63, 3.8) is 0 Å². The van der Waals surface area contributed by atoms with Gasteiger partial charge in [-0.05, 0) is 19.4 Å². The molecule has 0 fully saturated rings. The smallest absolute Gasteiger partial charge is 0.260 e. The van der Waals surface area contributed by atoms with E-state index in [2.05, 4.69) is 22.5 Å². The van der Waals surface area contributed by atoms with Crippen LogP contribution in [0, 0.1) is 6.92 Å². The van der Waals surface area contributed by atoms with Gasteiger partial charge in [0.25, 0.3) is 5.91 Å². The number of furan rings is 1. The molecule has 8 heteroatoms. The highest BCUT2D eigenvalue weighted by atomic mass is 32.1. The van der Waals surface area contributed by atoms with Crippen LogP contribution in [-0.4, -0.2) is 29.4 Å². The van der Waals surface area contributed by atoms with Gasteiger partial charge < -0.3 is 15.5 Å². The van der Waals surface area contributed by atoms with Gasteiger partial charge in [-0.1, -0.05) is 19.8 Å². The van der Waals surface area contributed by atoms with Crippen LogP contribution >= 0.6 is 11.3 Å². The second-order valence-corrected chi connectivity index (χ2v) is 6.67. The minimum atomic E-state index is -0.278. The topological polar surface area (TPSA) is 110 Å². The van der Waals surface area contributed by atoms with Gasteiger partial charge in [0.15, 0.2) is 5.13 Å². The van der Waals surface area contributed by atoms with E-state index in [0.29, 0.717) is 28.7 Å². The van der Waals surface area contributed by atoms with Crippen LogP contribution in [0.5, 0.6) is 0 Å². The molecule has 2 amide bonds. The average Bonchev–Trinajstić information content (AvgIpc) is 3.20. The minimum absolute atomic E-state index is 0.00525. The number of nitrogens with zero attached hydrogens (tertiary/aromatic N) is 1. The van der Waals surface area contributed by atoms with Gasteiger partial charge in [-0.3, -0.25) is 14.9 Å². The lowest BCUT2D eigenvalue weighted by atomic mass is 10.1. The Morgan fingerprint density at radius 2 is 2.24 bits per heavy atom. The summed E-state index contributed by atoms with van der Waals surface area (Å²) in [4.78, 5) is 28.5. The number of thiazole rings is 1. The Balaban J connectivity index is 1.87. The minimum Gasteiger partial charge on any atom is -0.469 e. The third kappa shape index (κ3) is 5.68. The maximum atomic E-state index is 12.1. The van der Waals surface area contributed by atoms with Gasteiger partial charge in [0, 0.05) is 18.0 Å². The Morgan fingerprint density at radius 1 is 1.44 bits per heavy atom. The second kappa shape index (κ2) is 9.33. The summed E-state index contributed by atoms with van der Waals surface area (Å²) in [7, 11) is 0. The van der Waals surface area contributed by atoms with Crippen molar-refractivity contribution in [2.24, 2.45) is 5.73 Å². The van der Waals surface area contributed by atoms with Crippen molar-refractivity contribution in [1.82, 2.24) is 10.3 Å². The Labute approximate surface area is 151 Å². The van der Waals surface area contributed by atoms with Crippen molar-refractivity contribution in [1.29, 1.82) is 0 Å². The second-order valence-electron chi connectivity index (χ2n) is 5.81. The third-order valence-corrected chi connectivity index (χ3v) is 4.58. The molecular weight excluding hydrogens is 340 g/mol. The Bertz CT molecular complexity index is 710. The number of unbranched alkanes of at least 4 members (excludes halogenated alkanes) is 1. The van der Waals surface area contributed by atoms with E-state index in [4.69, 9.17) is 10.2 Å². The molecule has 136 valence electrons. The van der Waals surface area contributed by atoms with E-state index in [0.717, 1.165) is 19.3 Å². The number of amides is 2. The Kier molecular flexibility index (Phi) is 7.15. The lowest BCUT2D eigenvalue weighted by Crippen LogP contribution is -2.40. The van der Waals surface area contributed by atoms with Crippen molar-refractivity contribution >= 4 is 28.3 Å². The zero-order valence-electron chi connectivity index (χ0n) is 14.5. The van der Waals surface area contributed by atoms with Gasteiger partial charge in [0.05, 0.1) is 23.9 Å². The van der Waals surface area contributed by atoms with Gasteiger partial charge in [0.1, 0.15) is 5.76 Å². The van der Waals surface area contributed by atoms with E-state index >= 15 is 0 Å². The third-order valence-electron chi connectivity index (χ3n) is 3.77. The van der Waals surface area contributed by atoms with E-state index < -0.39 is 0 Å². The summed E-state index contributed by atoms with van der Waals surface area (Å²) in [5.41, 5.74) is 6.78. The number of hydrogen-bond acceptors (Lipinski definition) is 6. The first-order chi connectivity index (χ1) is 12.0. The highest BCUT2D eigenvalue weighted by Crippen LogP contribution is 2.18. The average molecular weight is 364 g/mol. The number of rotatable bonds is 9. The number of aryl methyl sites for hydroxylation is 1. The Morgan fingerprint density at radius 3 is 2.88 bits per heavy atom. The number of nitrogens with two attached hydrogens (primary N) is 1. The van der Waals surface area contributed by atoms with Crippen LogP contribution in [0.1, 0.15) is 48.0 Å². The quantitative estimate of drug-likeness (QED) is 0.633. The zero-order valence-corrected chi connectivity index (χ0v) is 15.3. The predicted octanol–water partition coefficient (Wildman–Crippen LogP) is 2.47. The molecule has 0 radical (unpaired) electrons. The van der Waals surface area contributed by atoms with Gasteiger partial charge >= 0.3 is 0 Å². The predicted molar refractivity (Wildman–Crippen MR) is 97.7 cm³/mol. The first-order valence-electron chi connectivity index (χ1n) is 8.32. The monoisotopic (exact) mass is 364 g/mol. The number of anilines is 1. The fourth-order valence-electron chi connectivity index (χ4n) is 2.37. The van der Waals surface area contributed by atoms with Crippen LogP contribution < -0.4 is 16.4 Å². The van der Waals surface area contributed by atoms with Crippen molar-refractivity contribution in [2.45, 2.75) is 45.6 Å². The molecule has 2 aromatic rings. The number of hydrogen-bond donors (Lipinski definition) is 3. The molecule has 0 aromatic carbocycles. The van der Waals surface area contributed by atoms with Crippen LogP contribution in [0.25, 0.3) is 0 Å². The molecule has 0 spiro atoms. The number of nitrogens with one attached hydrogen (secondary N) is 2. The normalized spacial score (nSPS) is 12.0. The highest BCUT2D eigenvalue weighted by Gasteiger charge is 2.15. The highest BCUT2D eigenvalue weighted by molar-refractivity contribution is 7.14. The molecule has 1 unspecified atom stereocenters. The van der Waals surface area contributed by atoms with Crippen LogP contribution in [0.15, 0.2) is 22.1 Å². The lowest BCUT2D eigenvalue weighted by molar-refractivity contribution is -0.121. The first kappa shape index (κ1) is 19.1. The molecule has 0 aliphatic rings. The summed E-state index contributed by atoms with van der Waals surface area (Å²) in [6, 6.07) is 1.60. The number of carbonyl (C=O) groups is 2. The van der Waals surface area contributed by atoms with Crippen molar-refractivity contribution in [2.75, 3.05) is 11.9 Å². The van der Waals surface area contributed by atoms with Gasteiger partial charge in [0.2, 0.25) is 5.91 Å². The van der Waals surface area contributed by atoms with E-state index in [1.165, 1.54) is 17.6 Å². The molecular formula is C17H24N4O3S. The maximum Gasteiger partial charge on any atom is 0.260 e. The molecule has 4 N–H and O–H groups in total. The summed E-state index contributed by atoms with van der Waals surface area (Å²) >= 11 is 1.28. The maximum absolute atomic E-state index is 12.1. The molecule has 0 aliphatic carbocycles. The van der Waals surface area contributed by atoms with Crippen molar-refractivity contribution < 1.29 is 14.0 Å². The van der Waals surface area contributed by atoms with E-state index in [9.17, 15) is 9.59 Å². The van der Waals surface area contributed by atoms with Crippen LogP contribution in [-0.2, 0) is 11.2 Å². The molecule has 0 bridgehead atoms. The molecule has 25 heavy (non-hydrogen) atoms.